The summed E-state index contributed by atoms with van der Waals surface area (Å²) in [5.74, 6) is -0.404. The van der Waals surface area contributed by atoms with E-state index in [0.29, 0.717) is 36.5 Å². The molecule has 1 fully saturated rings. The maximum absolute atomic E-state index is 14.3. The summed E-state index contributed by atoms with van der Waals surface area (Å²) in [6, 6.07) is 16.1. The maximum atomic E-state index is 14.3. The number of hydrogen-bond acceptors (Lipinski definition) is 8. The van der Waals surface area contributed by atoms with Gasteiger partial charge >= 0.3 is 6.09 Å². The fourth-order valence-corrected chi connectivity index (χ4v) is 6.00. The van der Waals surface area contributed by atoms with Crippen molar-refractivity contribution in [2.24, 2.45) is 17.6 Å². The summed E-state index contributed by atoms with van der Waals surface area (Å²) >= 11 is 0. The van der Waals surface area contributed by atoms with Crippen molar-refractivity contribution in [1.29, 1.82) is 0 Å². The predicted octanol–water partition coefficient (Wildman–Crippen LogP) is 5.00. The number of ether oxygens (including phenoxy) is 1. The minimum atomic E-state index is -0.920. The maximum Gasteiger partial charge on any atom is 0.407 e. The molecule has 2 aromatic heterocycles. The monoisotopic (exact) mass is 638 g/mol. The van der Waals surface area contributed by atoms with E-state index >= 15 is 0 Å². The summed E-state index contributed by atoms with van der Waals surface area (Å²) < 4.78 is 5.36. The summed E-state index contributed by atoms with van der Waals surface area (Å²) in [4.78, 5) is 45.4. The zero-order chi connectivity index (χ0) is 33.6. The van der Waals surface area contributed by atoms with Crippen LogP contribution in [0.15, 0.2) is 67.0 Å². The van der Waals surface area contributed by atoms with Crippen LogP contribution in [0.1, 0.15) is 57.6 Å². The van der Waals surface area contributed by atoms with E-state index in [9.17, 15) is 14.4 Å². The molecule has 1 saturated carbocycles. The molecule has 4 N–H and O–H groups in total. The number of tetrazole rings is 1. The fourth-order valence-electron chi connectivity index (χ4n) is 6.00. The lowest BCUT2D eigenvalue weighted by molar-refractivity contribution is -0.127. The van der Waals surface area contributed by atoms with Gasteiger partial charge in [0.1, 0.15) is 11.6 Å². The molecule has 2 heterocycles. The van der Waals surface area contributed by atoms with Crippen molar-refractivity contribution < 1.29 is 19.1 Å². The average molecular weight is 639 g/mol. The number of carbonyl (C=O) groups excluding carboxylic acids is 3. The van der Waals surface area contributed by atoms with Gasteiger partial charge in [-0.2, -0.15) is 5.21 Å². The normalized spacial score (nSPS) is 17.0. The van der Waals surface area contributed by atoms with Crippen LogP contribution in [0.5, 0.6) is 0 Å². The molecule has 0 saturated heterocycles. The van der Waals surface area contributed by atoms with E-state index in [-0.39, 0.29) is 24.2 Å². The van der Waals surface area contributed by atoms with Gasteiger partial charge in [0.25, 0.3) is 0 Å². The molecule has 2 aromatic carbocycles. The summed E-state index contributed by atoms with van der Waals surface area (Å²) in [7, 11) is 0. The first-order chi connectivity index (χ1) is 22.5. The first-order valence-electron chi connectivity index (χ1n) is 15.9. The molecule has 1 atom stereocenters. The number of nitrogens with two attached hydrogens (primary N) is 1. The van der Waals surface area contributed by atoms with Gasteiger partial charge < -0.3 is 15.8 Å². The second-order valence-corrected chi connectivity index (χ2v) is 13.1. The summed E-state index contributed by atoms with van der Waals surface area (Å²) in [5, 5.41) is 17.0. The molecule has 1 aliphatic rings. The second kappa shape index (κ2) is 14.5. The number of nitrogens with zero attached hydrogens (tertiary/aromatic N) is 5. The third-order valence-electron chi connectivity index (χ3n) is 8.49. The van der Waals surface area contributed by atoms with Crippen molar-refractivity contribution in [2.75, 3.05) is 11.4 Å². The zero-order valence-corrected chi connectivity index (χ0v) is 27.3. The van der Waals surface area contributed by atoms with Crippen LogP contribution in [-0.4, -0.2) is 61.7 Å². The van der Waals surface area contributed by atoms with Crippen LogP contribution in [0, 0.1) is 18.8 Å². The fraction of sp³-hybridized carbons (Fsp3) is 0.400. The van der Waals surface area contributed by atoms with Gasteiger partial charge in [-0.3, -0.25) is 19.5 Å². The molecule has 47 heavy (non-hydrogen) atoms. The van der Waals surface area contributed by atoms with E-state index in [1.165, 1.54) is 0 Å². The summed E-state index contributed by atoms with van der Waals surface area (Å²) in [6.45, 7) is 7.99. The van der Waals surface area contributed by atoms with Gasteiger partial charge in [-0.15, -0.1) is 10.2 Å². The number of pyridine rings is 1. The highest BCUT2D eigenvalue weighted by Crippen LogP contribution is 2.33. The Hall–Kier alpha value is -5.13. The van der Waals surface area contributed by atoms with Crippen LogP contribution >= 0.6 is 0 Å². The van der Waals surface area contributed by atoms with E-state index in [1.54, 1.807) is 35.4 Å². The molecule has 3 amide bonds. The quantitative estimate of drug-likeness (QED) is 0.218. The Bertz CT molecular complexity index is 1660. The predicted molar refractivity (Wildman–Crippen MR) is 178 cm³/mol. The van der Waals surface area contributed by atoms with E-state index in [0.717, 1.165) is 35.1 Å². The highest BCUT2D eigenvalue weighted by atomic mass is 16.6. The number of benzene rings is 2. The van der Waals surface area contributed by atoms with Crippen LogP contribution in [0.3, 0.4) is 0 Å². The minimum absolute atomic E-state index is 0.151. The Morgan fingerprint density at radius 3 is 2.28 bits per heavy atom. The molecule has 0 radical (unpaired) electrons. The molecule has 12 heteroatoms. The molecule has 0 aliphatic heterocycles. The molecular formula is C35H42N8O4. The van der Waals surface area contributed by atoms with Crippen LogP contribution in [0.2, 0.25) is 0 Å². The Morgan fingerprint density at radius 2 is 1.68 bits per heavy atom. The van der Waals surface area contributed by atoms with E-state index in [4.69, 9.17) is 10.5 Å². The largest absolute Gasteiger partial charge is 0.444 e. The molecule has 0 spiro atoms. The van der Waals surface area contributed by atoms with Gasteiger partial charge in [0, 0.05) is 48.1 Å². The highest BCUT2D eigenvalue weighted by molar-refractivity contribution is 6.01. The first-order valence-corrected chi connectivity index (χ1v) is 15.9. The van der Waals surface area contributed by atoms with Gasteiger partial charge in [-0.25, -0.2) is 4.79 Å². The van der Waals surface area contributed by atoms with E-state index < -0.39 is 23.6 Å². The summed E-state index contributed by atoms with van der Waals surface area (Å²) in [5.41, 5.74) is 10.8. The number of amides is 3. The van der Waals surface area contributed by atoms with Crippen LogP contribution in [0.25, 0.3) is 22.5 Å². The summed E-state index contributed by atoms with van der Waals surface area (Å²) in [6.07, 6.45) is 6.16. The Labute approximate surface area is 274 Å². The third kappa shape index (κ3) is 8.57. The van der Waals surface area contributed by atoms with Crippen molar-refractivity contribution in [3.05, 3.63) is 78.1 Å². The molecule has 12 nitrogen and oxygen atoms in total. The molecule has 1 aliphatic carbocycles. The third-order valence-corrected chi connectivity index (χ3v) is 8.49. The Morgan fingerprint density at radius 1 is 1.00 bits per heavy atom. The standard InChI is InChI=1S/C35H42N8O4/c1-22-17-18-37-21-29(22)25-9-5-23(6-10-25)19-30(31(36)44)43(28-15-13-26(14-16-28)32-39-41-42-40-32)33(45)27-11-7-24(8-12-27)20-38-34(46)47-35(2,3)4/h5-6,9-10,13-18,21,24,27,30H,7-8,11-12,19-20H2,1-4H3,(H2,36,44)(H,38,46)(H,39,40,41,42)/t24-,27-,30-/m0/s1. The first kappa shape index (κ1) is 33.2. The Kier molecular flexibility index (Phi) is 10.3. The number of aromatic amines is 1. The molecule has 246 valence electrons. The topological polar surface area (TPSA) is 169 Å². The highest BCUT2D eigenvalue weighted by Gasteiger charge is 2.36. The van der Waals surface area contributed by atoms with Crippen LogP contribution < -0.4 is 16.0 Å². The van der Waals surface area contributed by atoms with Crippen molar-refractivity contribution >= 4 is 23.6 Å². The molecule has 0 bridgehead atoms. The van der Waals surface area contributed by atoms with Crippen molar-refractivity contribution in [3.63, 3.8) is 0 Å². The SMILES string of the molecule is Cc1ccncc1-c1ccc(C[C@@H](C(N)=O)N(c2ccc(-c3nn[nH]n3)cc2)C(=O)[C@H]2CC[C@H](CNC(=O)OC(C)(C)C)CC2)cc1. The molecule has 0 unspecified atom stereocenters. The van der Waals surface area contributed by atoms with Crippen molar-refractivity contribution in [2.45, 2.75) is 71.4 Å². The van der Waals surface area contributed by atoms with E-state index in [2.05, 4.69) is 30.9 Å². The zero-order valence-electron chi connectivity index (χ0n) is 27.3. The smallest absolute Gasteiger partial charge is 0.407 e. The lowest BCUT2D eigenvalue weighted by Crippen LogP contribution is -2.52. The number of carbonyl (C=O) groups is 3. The number of anilines is 1. The lowest BCUT2D eigenvalue weighted by atomic mass is 9.81. The average Bonchev–Trinajstić information content (AvgIpc) is 3.59. The Balaban J connectivity index is 1.35. The number of aromatic nitrogens is 5. The number of H-pyrrole nitrogens is 1. The lowest BCUT2D eigenvalue weighted by Gasteiger charge is -2.36. The van der Waals surface area contributed by atoms with Crippen molar-refractivity contribution in [1.82, 2.24) is 30.9 Å². The second-order valence-electron chi connectivity index (χ2n) is 13.1. The van der Waals surface area contributed by atoms with Gasteiger partial charge in [0.15, 0.2) is 0 Å². The van der Waals surface area contributed by atoms with Crippen LogP contribution in [-0.2, 0) is 20.7 Å². The number of primary amides is 1. The molecule has 4 aromatic rings. The molecule has 5 rings (SSSR count). The number of hydrogen-bond donors (Lipinski definition) is 3. The minimum Gasteiger partial charge on any atom is -0.444 e. The van der Waals surface area contributed by atoms with Crippen molar-refractivity contribution in [3.8, 4) is 22.5 Å². The van der Waals surface area contributed by atoms with Gasteiger partial charge in [-0.1, -0.05) is 24.3 Å². The van der Waals surface area contributed by atoms with Gasteiger partial charge in [0.2, 0.25) is 17.6 Å². The van der Waals surface area contributed by atoms with Crippen LogP contribution in [0.4, 0.5) is 10.5 Å². The van der Waals surface area contributed by atoms with E-state index in [1.807, 2.05) is 64.2 Å². The molecular weight excluding hydrogens is 596 g/mol. The van der Waals surface area contributed by atoms with Gasteiger partial charge in [0.05, 0.1) is 0 Å². The number of alkyl carbamates (subject to hydrolysis) is 1. The number of rotatable bonds is 10. The number of aryl methyl sites for hydroxylation is 1. The number of nitrogens with one attached hydrogen (secondary N) is 2. The van der Waals surface area contributed by atoms with Gasteiger partial charge in [-0.05, 0) is 112 Å².